The Kier molecular flexibility index (Phi) is 3.16. The molecule has 1 N–H and O–H groups in total. The fourth-order valence-electron chi connectivity index (χ4n) is 1.43. The third-order valence-electron chi connectivity index (χ3n) is 2.12. The van der Waals surface area contributed by atoms with Crippen LogP contribution in [0.5, 0.6) is 6.01 Å². The molecule has 0 aromatic carbocycles. The highest BCUT2D eigenvalue weighted by Gasteiger charge is 2.15. The Morgan fingerprint density at radius 1 is 1.43 bits per heavy atom. The first-order chi connectivity index (χ1) is 6.84. The average Bonchev–Trinajstić information content (AvgIpc) is 2.23. The highest BCUT2D eigenvalue weighted by Crippen LogP contribution is 2.12. The molecule has 1 fully saturated rings. The second-order valence-corrected chi connectivity index (χ2v) is 3.71. The van der Waals surface area contributed by atoms with Crippen LogP contribution in [0.25, 0.3) is 0 Å². The normalized spacial score (nSPS) is 21.9. The second kappa shape index (κ2) is 4.57. The van der Waals surface area contributed by atoms with Crippen LogP contribution in [0, 0.1) is 0 Å². The van der Waals surface area contributed by atoms with Gasteiger partial charge in [0.25, 0.3) is 0 Å². The summed E-state index contributed by atoms with van der Waals surface area (Å²) in [6, 6.07) is 0.406. The molecular formula is C9H12ClN3O. The number of hydrogen-bond donors (Lipinski definition) is 1. The molecule has 0 aliphatic carbocycles. The standard InChI is InChI=1S/C9H12ClN3O/c10-7-4-12-9(13-5-7)14-8-2-1-3-11-6-8/h4-5,8,11H,1-3,6H2. The number of hydrogen-bond acceptors (Lipinski definition) is 4. The van der Waals surface area contributed by atoms with Crippen molar-refractivity contribution in [1.29, 1.82) is 0 Å². The summed E-state index contributed by atoms with van der Waals surface area (Å²) >= 11 is 5.66. The summed E-state index contributed by atoms with van der Waals surface area (Å²) in [4.78, 5) is 7.96. The molecule has 76 valence electrons. The largest absolute Gasteiger partial charge is 0.459 e. The van der Waals surface area contributed by atoms with Gasteiger partial charge in [-0.3, -0.25) is 0 Å². The van der Waals surface area contributed by atoms with E-state index < -0.39 is 0 Å². The van der Waals surface area contributed by atoms with Crippen molar-refractivity contribution in [2.75, 3.05) is 13.1 Å². The minimum atomic E-state index is 0.185. The molecule has 0 amide bonds. The van der Waals surface area contributed by atoms with Crippen LogP contribution in [0.3, 0.4) is 0 Å². The van der Waals surface area contributed by atoms with Gasteiger partial charge in [-0.15, -0.1) is 0 Å². The van der Waals surface area contributed by atoms with Gasteiger partial charge in [-0.05, 0) is 19.4 Å². The molecule has 1 aromatic heterocycles. The van der Waals surface area contributed by atoms with E-state index in [2.05, 4.69) is 15.3 Å². The molecule has 1 aliphatic heterocycles. The highest BCUT2D eigenvalue weighted by molar-refractivity contribution is 6.30. The first-order valence-corrected chi connectivity index (χ1v) is 5.07. The SMILES string of the molecule is Clc1cnc(OC2CCCNC2)nc1. The molecule has 1 aromatic rings. The van der Waals surface area contributed by atoms with Crippen molar-refractivity contribution >= 4 is 11.6 Å². The summed E-state index contributed by atoms with van der Waals surface area (Å²) in [6.45, 7) is 1.94. The first-order valence-electron chi connectivity index (χ1n) is 4.69. The Bertz CT molecular complexity index is 285. The third-order valence-corrected chi connectivity index (χ3v) is 2.32. The Balaban J connectivity index is 1.92. The van der Waals surface area contributed by atoms with Gasteiger partial charge in [-0.2, -0.15) is 0 Å². The minimum absolute atomic E-state index is 0.185. The van der Waals surface area contributed by atoms with E-state index in [0.29, 0.717) is 11.0 Å². The van der Waals surface area contributed by atoms with E-state index >= 15 is 0 Å². The zero-order chi connectivity index (χ0) is 9.80. The molecule has 0 saturated carbocycles. The van der Waals surface area contributed by atoms with Crippen molar-refractivity contribution in [2.45, 2.75) is 18.9 Å². The lowest BCUT2D eigenvalue weighted by Crippen LogP contribution is -2.37. The molecule has 1 atom stereocenters. The Labute approximate surface area is 87.7 Å². The molecule has 4 nitrogen and oxygen atoms in total. The molecular weight excluding hydrogens is 202 g/mol. The Morgan fingerprint density at radius 2 is 2.21 bits per heavy atom. The van der Waals surface area contributed by atoms with Gasteiger partial charge in [0, 0.05) is 6.54 Å². The van der Waals surface area contributed by atoms with Gasteiger partial charge < -0.3 is 10.1 Å². The van der Waals surface area contributed by atoms with E-state index in [1.54, 1.807) is 12.4 Å². The molecule has 5 heteroatoms. The van der Waals surface area contributed by atoms with Crippen LogP contribution in [-0.2, 0) is 0 Å². The van der Waals surface area contributed by atoms with Crippen LogP contribution >= 0.6 is 11.6 Å². The maximum absolute atomic E-state index is 5.66. The van der Waals surface area contributed by atoms with Crippen LogP contribution in [0.15, 0.2) is 12.4 Å². The van der Waals surface area contributed by atoms with Crippen LogP contribution in [0.2, 0.25) is 5.02 Å². The van der Waals surface area contributed by atoms with Crippen molar-refractivity contribution in [3.05, 3.63) is 17.4 Å². The fraction of sp³-hybridized carbons (Fsp3) is 0.556. The summed E-state index contributed by atoms with van der Waals surface area (Å²) in [5.74, 6) is 0. The van der Waals surface area contributed by atoms with Crippen molar-refractivity contribution in [1.82, 2.24) is 15.3 Å². The maximum atomic E-state index is 5.66. The monoisotopic (exact) mass is 213 g/mol. The zero-order valence-corrected chi connectivity index (χ0v) is 8.50. The summed E-state index contributed by atoms with van der Waals surface area (Å²) in [7, 11) is 0. The highest BCUT2D eigenvalue weighted by atomic mass is 35.5. The first kappa shape index (κ1) is 9.68. The number of nitrogens with zero attached hydrogens (tertiary/aromatic N) is 2. The minimum Gasteiger partial charge on any atom is -0.459 e. The Hall–Kier alpha value is -0.870. The van der Waals surface area contributed by atoms with Crippen molar-refractivity contribution in [3.8, 4) is 6.01 Å². The van der Waals surface area contributed by atoms with Crippen molar-refractivity contribution < 1.29 is 4.74 Å². The van der Waals surface area contributed by atoms with Gasteiger partial charge >= 0.3 is 6.01 Å². The van der Waals surface area contributed by atoms with Crippen LogP contribution in [0.4, 0.5) is 0 Å². The second-order valence-electron chi connectivity index (χ2n) is 3.27. The molecule has 2 heterocycles. The number of aromatic nitrogens is 2. The number of halogens is 1. The molecule has 0 bridgehead atoms. The lowest BCUT2D eigenvalue weighted by atomic mass is 10.1. The molecule has 1 unspecified atom stereocenters. The maximum Gasteiger partial charge on any atom is 0.316 e. The number of piperidine rings is 1. The van der Waals surface area contributed by atoms with E-state index in [1.165, 1.54) is 0 Å². The van der Waals surface area contributed by atoms with Gasteiger partial charge in [0.05, 0.1) is 17.4 Å². The smallest absolute Gasteiger partial charge is 0.316 e. The van der Waals surface area contributed by atoms with Crippen molar-refractivity contribution in [3.63, 3.8) is 0 Å². The summed E-state index contributed by atoms with van der Waals surface area (Å²) in [5.41, 5.74) is 0. The topological polar surface area (TPSA) is 47.0 Å². The number of rotatable bonds is 2. The molecule has 14 heavy (non-hydrogen) atoms. The molecule has 1 saturated heterocycles. The van der Waals surface area contributed by atoms with Gasteiger partial charge in [0.15, 0.2) is 0 Å². The third kappa shape index (κ3) is 2.56. The molecule has 2 rings (SSSR count). The van der Waals surface area contributed by atoms with Gasteiger partial charge in [-0.25, -0.2) is 9.97 Å². The number of nitrogens with one attached hydrogen (secondary N) is 1. The predicted octanol–water partition coefficient (Wildman–Crippen LogP) is 1.26. The quantitative estimate of drug-likeness (QED) is 0.804. The van der Waals surface area contributed by atoms with Gasteiger partial charge in [0.1, 0.15) is 6.10 Å². The van der Waals surface area contributed by atoms with E-state index in [9.17, 15) is 0 Å². The molecule has 0 spiro atoms. The van der Waals surface area contributed by atoms with E-state index in [4.69, 9.17) is 16.3 Å². The lowest BCUT2D eigenvalue weighted by Gasteiger charge is -2.22. The van der Waals surface area contributed by atoms with E-state index in [-0.39, 0.29) is 6.10 Å². The average molecular weight is 214 g/mol. The van der Waals surface area contributed by atoms with Crippen LogP contribution < -0.4 is 10.1 Å². The summed E-state index contributed by atoms with van der Waals surface area (Å²) in [5, 5.41) is 3.79. The van der Waals surface area contributed by atoms with Crippen LogP contribution in [-0.4, -0.2) is 29.2 Å². The van der Waals surface area contributed by atoms with Crippen molar-refractivity contribution in [2.24, 2.45) is 0 Å². The van der Waals surface area contributed by atoms with Gasteiger partial charge in [0.2, 0.25) is 0 Å². The van der Waals surface area contributed by atoms with E-state index in [1.807, 2.05) is 0 Å². The lowest BCUT2D eigenvalue weighted by molar-refractivity contribution is 0.153. The van der Waals surface area contributed by atoms with E-state index in [0.717, 1.165) is 25.9 Å². The van der Waals surface area contributed by atoms with Crippen LogP contribution in [0.1, 0.15) is 12.8 Å². The summed E-state index contributed by atoms with van der Waals surface area (Å²) in [6.07, 6.45) is 5.46. The number of ether oxygens (including phenoxy) is 1. The zero-order valence-electron chi connectivity index (χ0n) is 7.74. The molecule has 1 aliphatic rings. The molecule has 0 radical (unpaired) electrons. The fourth-order valence-corrected chi connectivity index (χ4v) is 1.53. The predicted molar refractivity (Wildman–Crippen MR) is 53.6 cm³/mol. The van der Waals surface area contributed by atoms with Gasteiger partial charge in [-0.1, -0.05) is 11.6 Å². The summed E-state index contributed by atoms with van der Waals surface area (Å²) < 4.78 is 5.57. The Morgan fingerprint density at radius 3 is 2.86 bits per heavy atom.